The number of amides is 3. The third kappa shape index (κ3) is 4.10. The lowest BCUT2D eigenvalue weighted by Crippen LogP contribution is -2.56. The number of ether oxygens (including phenoxy) is 1. The van der Waals surface area contributed by atoms with Gasteiger partial charge in [0.1, 0.15) is 11.6 Å². The van der Waals surface area contributed by atoms with Gasteiger partial charge in [-0.1, -0.05) is 55.8 Å². The molecule has 4 heterocycles. The van der Waals surface area contributed by atoms with Crippen molar-refractivity contribution in [2.24, 2.45) is 11.8 Å². The maximum Gasteiger partial charge on any atom is 0.249 e. The summed E-state index contributed by atoms with van der Waals surface area (Å²) in [6.07, 6.45) is 10.6. The van der Waals surface area contributed by atoms with E-state index >= 15 is 0 Å². The Bertz CT molecular complexity index is 1100. The molecule has 1 aromatic carbocycles. The highest BCUT2D eigenvalue weighted by atomic mass is 16.5. The van der Waals surface area contributed by atoms with Gasteiger partial charge in [0.15, 0.2) is 0 Å². The van der Waals surface area contributed by atoms with Gasteiger partial charge < -0.3 is 24.5 Å². The van der Waals surface area contributed by atoms with Crippen LogP contribution in [0.1, 0.15) is 39.5 Å². The molecule has 8 nitrogen and oxygen atoms in total. The SMILES string of the molecule is CCCCN1CC=C[C@]23O[C@@]4(C)C=CCN(c5ccccc5)C(=O)[C@H]4[C@H]2C(=O)N(CCCCO)C3C1=O. The van der Waals surface area contributed by atoms with Gasteiger partial charge in [0.2, 0.25) is 17.7 Å². The van der Waals surface area contributed by atoms with Gasteiger partial charge >= 0.3 is 0 Å². The summed E-state index contributed by atoms with van der Waals surface area (Å²) in [5.41, 5.74) is -1.49. The van der Waals surface area contributed by atoms with E-state index in [4.69, 9.17) is 4.74 Å². The fourth-order valence-corrected chi connectivity index (χ4v) is 6.59. The Morgan fingerprint density at radius 2 is 1.68 bits per heavy atom. The first-order valence-electron chi connectivity index (χ1n) is 13.5. The van der Waals surface area contributed by atoms with E-state index in [1.54, 1.807) is 9.80 Å². The number of carbonyl (C=O) groups excluding carboxylic acids is 3. The topological polar surface area (TPSA) is 90.4 Å². The minimum absolute atomic E-state index is 0.0181. The molecular weight excluding hydrogens is 470 g/mol. The van der Waals surface area contributed by atoms with Crippen molar-refractivity contribution in [3.8, 4) is 0 Å². The van der Waals surface area contributed by atoms with Gasteiger partial charge in [0.05, 0.1) is 17.4 Å². The molecule has 4 aliphatic rings. The van der Waals surface area contributed by atoms with Crippen LogP contribution >= 0.6 is 0 Å². The lowest BCUT2D eigenvalue weighted by atomic mass is 9.74. The second-order valence-electron chi connectivity index (χ2n) is 10.7. The van der Waals surface area contributed by atoms with Crippen molar-refractivity contribution in [3.05, 3.63) is 54.6 Å². The molecule has 1 unspecified atom stereocenters. The number of benzene rings is 1. The van der Waals surface area contributed by atoms with Gasteiger partial charge in [-0.15, -0.1) is 0 Å². The van der Waals surface area contributed by atoms with Crippen LogP contribution < -0.4 is 4.90 Å². The minimum Gasteiger partial charge on any atom is -0.396 e. The van der Waals surface area contributed by atoms with E-state index in [0.29, 0.717) is 39.0 Å². The quantitative estimate of drug-likeness (QED) is 0.431. The molecule has 5 atom stereocenters. The van der Waals surface area contributed by atoms with Crippen LogP contribution in [0.5, 0.6) is 0 Å². The smallest absolute Gasteiger partial charge is 0.249 e. The molecule has 5 rings (SSSR count). The monoisotopic (exact) mass is 507 g/mol. The zero-order chi connectivity index (χ0) is 26.2. The van der Waals surface area contributed by atoms with E-state index in [1.807, 2.05) is 66.5 Å². The first-order chi connectivity index (χ1) is 17.9. The largest absolute Gasteiger partial charge is 0.396 e. The first-order valence-corrected chi connectivity index (χ1v) is 13.5. The van der Waals surface area contributed by atoms with Crippen LogP contribution in [0.2, 0.25) is 0 Å². The van der Waals surface area contributed by atoms with Gasteiger partial charge in [-0.2, -0.15) is 0 Å². The number of unbranched alkanes of at least 4 members (excludes halogenated alkanes) is 2. The lowest BCUT2D eigenvalue weighted by Gasteiger charge is -2.37. The molecule has 0 aromatic heterocycles. The zero-order valence-electron chi connectivity index (χ0n) is 21.7. The van der Waals surface area contributed by atoms with Crippen LogP contribution in [0.15, 0.2) is 54.6 Å². The first kappa shape index (κ1) is 25.7. The van der Waals surface area contributed by atoms with E-state index in [9.17, 15) is 19.5 Å². The Labute approximate surface area is 218 Å². The van der Waals surface area contributed by atoms with Crippen molar-refractivity contribution in [2.45, 2.75) is 56.8 Å². The minimum atomic E-state index is -1.23. The summed E-state index contributed by atoms with van der Waals surface area (Å²) in [4.78, 5) is 47.6. The number of carbonyl (C=O) groups is 3. The normalized spacial score (nSPS) is 32.9. The third-order valence-corrected chi connectivity index (χ3v) is 8.30. The van der Waals surface area contributed by atoms with Crippen LogP contribution in [0.3, 0.4) is 0 Å². The number of hydrogen-bond donors (Lipinski definition) is 1. The molecule has 1 N–H and O–H groups in total. The number of nitrogens with zero attached hydrogens (tertiary/aromatic N) is 3. The van der Waals surface area contributed by atoms with E-state index < -0.39 is 29.1 Å². The third-order valence-electron chi connectivity index (χ3n) is 8.30. The predicted octanol–water partition coefficient (Wildman–Crippen LogP) is 2.53. The van der Waals surface area contributed by atoms with E-state index in [0.717, 1.165) is 18.5 Å². The van der Waals surface area contributed by atoms with Crippen LogP contribution in [-0.2, 0) is 19.1 Å². The Hall–Kier alpha value is -2.97. The van der Waals surface area contributed by atoms with E-state index in [-0.39, 0.29) is 24.3 Å². The van der Waals surface area contributed by atoms with Crippen molar-refractivity contribution < 1.29 is 24.2 Å². The Morgan fingerprint density at radius 1 is 0.919 bits per heavy atom. The number of para-hydroxylation sites is 1. The molecule has 0 aliphatic carbocycles. The predicted molar refractivity (Wildman–Crippen MR) is 140 cm³/mol. The summed E-state index contributed by atoms with van der Waals surface area (Å²) in [6.45, 7) is 5.75. The number of rotatable bonds is 8. The molecule has 4 aliphatic heterocycles. The molecule has 1 spiro atoms. The maximum atomic E-state index is 14.2. The highest BCUT2D eigenvalue weighted by Crippen LogP contribution is 2.57. The fraction of sp³-hybridized carbons (Fsp3) is 0.552. The van der Waals surface area contributed by atoms with E-state index in [2.05, 4.69) is 6.92 Å². The van der Waals surface area contributed by atoms with Gasteiger partial charge in [0.25, 0.3) is 0 Å². The molecule has 0 bridgehead atoms. The molecule has 3 amide bonds. The molecule has 0 radical (unpaired) electrons. The van der Waals surface area contributed by atoms with Gasteiger partial charge in [0, 0.05) is 38.5 Å². The summed E-state index contributed by atoms with van der Waals surface area (Å²) < 4.78 is 6.83. The fourth-order valence-electron chi connectivity index (χ4n) is 6.59. The highest BCUT2D eigenvalue weighted by Gasteiger charge is 2.74. The molecule has 198 valence electrons. The summed E-state index contributed by atoms with van der Waals surface area (Å²) in [6, 6.07) is 8.62. The number of aliphatic hydroxyl groups is 1. The number of fused-ring (bicyclic) bond motifs is 2. The van der Waals surface area contributed by atoms with Gasteiger partial charge in [-0.25, -0.2) is 0 Å². The van der Waals surface area contributed by atoms with Gasteiger partial charge in [-0.3, -0.25) is 14.4 Å². The number of hydrogen-bond acceptors (Lipinski definition) is 5. The van der Waals surface area contributed by atoms with Crippen LogP contribution in [-0.4, -0.2) is 82.7 Å². The molecular formula is C29H37N3O5. The summed E-state index contributed by atoms with van der Waals surface area (Å²) in [7, 11) is 0. The maximum absolute atomic E-state index is 14.2. The molecule has 8 heteroatoms. The van der Waals surface area contributed by atoms with Crippen LogP contribution in [0.25, 0.3) is 0 Å². The Morgan fingerprint density at radius 3 is 2.41 bits per heavy atom. The molecule has 37 heavy (non-hydrogen) atoms. The lowest BCUT2D eigenvalue weighted by molar-refractivity contribution is -0.151. The van der Waals surface area contributed by atoms with Crippen molar-refractivity contribution >= 4 is 23.4 Å². The van der Waals surface area contributed by atoms with Crippen molar-refractivity contribution in [1.82, 2.24) is 9.80 Å². The molecule has 1 aromatic rings. The second-order valence-corrected chi connectivity index (χ2v) is 10.7. The molecule has 2 fully saturated rings. The number of aliphatic hydroxyl groups excluding tert-OH is 1. The standard InChI is InChI=1S/C29H37N3O5/c1-3-4-16-30-17-11-15-29-23(26(35)32(18-8-9-20-33)24(29)27(30)36)22-25(34)31(21-12-6-5-7-13-21)19-10-14-28(22,2)37-29/h5-7,10-15,22-24,33H,3-4,8-9,16-20H2,1-2H3/t22-,23+,24?,28+,29+/m1/s1. The molecule has 0 saturated carbocycles. The van der Waals surface area contributed by atoms with Crippen LogP contribution in [0, 0.1) is 11.8 Å². The van der Waals surface area contributed by atoms with Crippen molar-refractivity contribution in [2.75, 3.05) is 37.7 Å². The average molecular weight is 508 g/mol. The average Bonchev–Trinajstić information content (AvgIpc) is 3.15. The Kier molecular flexibility index (Phi) is 6.98. The van der Waals surface area contributed by atoms with Crippen molar-refractivity contribution in [3.63, 3.8) is 0 Å². The highest BCUT2D eigenvalue weighted by molar-refractivity contribution is 6.04. The summed E-state index contributed by atoms with van der Waals surface area (Å²) >= 11 is 0. The van der Waals surface area contributed by atoms with E-state index in [1.165, 1.54) is 0 Å². The second kappa shape index (κ2) is 10.1. The summed E-state index contributed by atoms with van der Waals surface area (Å²) in [5, 5.41) is 9.35. The van der Waals surface area contributed by atoms with Crippen LogP contribution in [0.4, 0.5) is 5.69 Å². The summed E-state index contributed by atoms with van der Waals surface area (Å²) in [5.74, 6) is -2.11. The van der Waals surface area contributed by atoms with Crippen molar-refractivity contribution in [1.29, 1.82) is 0 Å². The number of anilines is 1. The number of likely N-dealkylation sites (tertiary alicyclic amines) is 1. The van der Waals surface area contributed by atoms with Gasteiger partial charge in [-0.05, 0) is 38.3 Å². The molecule has 2 saturated heterocycles. The zero-order valence-corrected chi connectivity index (χ0v) is 21.7. The Balaban J connectivity index is 1.59.